The van der Waals surface area contributed by atoms with Gasteiger partial charge in [0.25, 0.3) is 0 Å². The number of hydrogen-bond acceptors (Lipinski definition) is 4. The van der Waals surface area contributed by atoms with Gasteiger partial charge in [0.05, 0.1) is 24.9 Å². The van der Waals surface area contributed by atoms with Crippen molar-refractivity contribution in [3.63, 3.8) is 0 Å². The first-order chi connectivity index (χ1) is 11.5. The Kier molecular flexibility index (Phi) is 5.41. The molecule has 0 aliphatic carbocycles. The zero-order valence-corrected chi connectivity index (χ0v) is 14.0. The highest BCUT2D eigenvalue weighted by atomic mass is 35.5. The Labute approximate surface area is 146 Å². The number of ether oxygens (including phenoxy) is 1. The van der Waals surface area contributed by atoms with Crippen molar-refractivity contribution in [3.05, 3.63) is 64.2 Å². The van der Waals surface area contributed by atoms with Gasteiger partial charge in [0.2, 0.25) is 0 Å². The average Bonchev–Trinajstić information content (AvgIpc) is 2.58. The first kappa shape index (κ1) is 17.2. The molecule has 0 aromatic heterocycles. The van der Waals surface area contributed by atoms with Crippen molar-refractivity contribution in [1.82, 2.24) is 0 Å². The van der Waals surface area contributed by atoms with Crippen LogP contribution in [0, 0.1) is 0 Å². The van der Waals surface area contributed by atoms with Gasteiger partial charge in [-0.2, -0.15) is 0 Å². The third-order valence-corrected chi connectivity index (χ3v) is 4.72. The summed E-state index contributed by atoms with van der Waals surface area (Å²) in [7, 11) is 0. The number of hydrogen-bond donors (Lipinski definition) is 3. The molecule has 0 bridgehead atoms. The van der Waals surface area contributed by atoms with E-state index in [9.17, 15) is 15.3 Å². The maximum Gasteiger partial charge on any atom is 0.115 e. The lowest BCUT2D eigenvalue weighted by Crippen LogP contribution is -2.33. The highest BCUT2D eigenvalue weighted by Crippen LogP contribution is 2.33. The summed E-state index contributed by atoms with van der Waals surface area (Å²) in [6.45, 7) is -0.0957. The third-order valence-electron chi connectivity index (χ3n) is 4.35. The minimum atomic E-state index is -0.475. The van der Waals surface area contributed by atoms with Gasteiger partial charge in [-0.05, 0) is 41.3 Å². The molecular weight excluding hydrogens is 328 g/mol. The molecule has 1 aliphatic heterocycles. The smallest absolute Gasteiger partial charge is 0.115 e. The maximum absolute atomic E-state index is 9.99. The minimum absolute atomic E-state index is 0.0957. The van der Waals surface area contributed by atoms with Crippen LogP contribution in [0.1, 0.15) is 35.6 Å². The van der Waals surface area contributed by atoms with Crippen molar-refractivity contribution in [2.24, 2.45) is 0 Å². The van der Waals surface area contributed by atoms with Gasteiger partial charge in [0, 0.05) is 17.9 Å². The Morgan fingerprint density at radius 2 is 1.83 bits per heavy atom. The van der Waals surface area contributed by atoms with E-state index in [1.807, 2.05) is 30.3 Å². The molecule has 1 heterocycles. The monoisotopic (exact) mass is 348 g/mol. The summed E-state index contributed by atoms with van der Waals surface area (Å²) >= 11 is 6.32. The Bertz CT molecular complexity index is 686. The number of aliphatic hydroxyl groups excluding tert-OH is 2. The van der Waals surface area contributed by atoms with Gasteiger partial charge in [0.1, 0.15) is 5.75 Å². The van der Waals surface area contributed by atoms with Crippen molar-refractivity contribution >= 4 is 11.6 Å². The van der Waals surface area contributed by atoms with Gasteiger partial charge >= 0.3 is 0 Å². The molecule has 1 fully saturated rings. The fraction of sp³-hybridized carbons (Fsp3) is 0.368. The molecule has 4 nitrogen and oxygen atoms in total. The van der Waals surface area contributed by atoms with Gasteiger partial charge < -0.3 is 20.1 Å². The van der Waals surface area contributed by atoms with E-state index in [1.54, 1.807) is 12.1 Å². The van der Waals surface area contributed by atoms with E-state index in [0.29, 0.717) is 24.3 Å². The van der Waals surface area contributed by atoms with Crippen molar-refractivity contribution < 1.29 is 20.1 Å². The number of aromatic hydroxyl groups is 1. The molecule has 1 saturated heterocycles. The molecule has 0 radical (unpaired) electrons. The molecule has 3 N–H and O–H groups in total. The van der Waals surface area contributed by atoms with Crippen molar-refractivity contribution in [2.45, 2.75) is 37.6 Å². The zero-order valence-electron chi connectivity index (χ0n) is 13.2. The van der Waals surface area contributed by atoms with Crippen LogP contribution in [0.3, 0.4) is 0 Å². The molecule has 1 unspecified atom stereocenters. The summed E-state index contributed by atoms with van der Waals surface area (Å²) in [5.41, 5.74) is 2.96. The third kappa shape index (κ3) is 4.08. The number of phenols is 1. The normalized spacial score (nSPS) is 24.0. The fourth-order valence-electron chi connectivity index (χ4n) is 3.09. The van der Waals surface area contributed by atoms with Crippen LogP contribution in [0.4, 0.5) is 0 Å². The number of benzene rings is 2. The molecule has 3 rings (SSSR count). The molecule has 3 atom stereocenters. The van der Waals surface area contributed by atoms with E-state index in [1.165, 1.54) is 0 Å². The summed E-state index contributed by atoms with van der Waals surface area (Å²) in [6.07, 6.45) is 0.553. The molecule has 5 heteroatoms. The van der Waals surface area contributed by atoms with Crippen molar-refractivity contribution in [2.75, 3.05) is 6.61 Å². The van der Waals surface area contributed by atoms with Gasteiger partial charge in [-0.15, -0.1) is 0 Å². The number of rotatable bonds is 4. The van der Waals surface area contributed by atoms with E-state index in [-0.39, 0.29) is 24.6 Å². The molecular formula is C19H21ClO4. The summed E-state index contributed by atoms with van der Waals surface area (Å²) in [5, 5.41) is 29.3. The lowest BCUT2D eigenvalue weighted by molar-refractivity contribution is -0.113. The number of phenolic OH excluding ortho intramolecular Hbond substituents is 1. The van der Waals surface area contributed by atoms with Crippen molar-refractivity contribution in [1.29, 1.82) is 0 Å². The van der Waals surface area contributed by atoms with Crippen LogP contribution >= 0.6 is 11.6 Å². The highest BCUT2D eigenvalue weighted by Gasteiger charge is 2.29. The second-order valence-corrected chi connectivity index (χ2v) is 6.66. The van der Waals surface area contributed by atoms with Crippen LogP contribution in [-0.2, 0) is 11.2 Å². The minimum Gasteiger partial charge on any atom is -0.508 e. The Balaban J connectivity index is 1.81. The molecule has 0 amide bonds. The highest BCUT2D eigenvalue weighted by molar-refractivity contribution is 6.31. The largest absolute Gasteiger partial charge is 0.508 e. The summed E-state index contributed by atoms with van der Waals surface area (Å²) in [5.74, 6) is 0.234. The second-order valence-electron chi connectivity index (χ2n) is 6.25. The van der Waals surface area contributed by atoms with Gasteiger partial charge in [-0.3, -0.25) is 0 Å². The van der Waals surface area contributed by atoms with E-state index in [0.717, 1.165) is 16.7 Å². The standard InChI is InChI=1S/C19H21ClO4/c20-18-6-3-13(19-10-16(23)9-17(11-21)24-19)8-14(18)7-12-1-4-15(22)5-2-12/h1-6,8,16-17,19,21-23H,7,9-11H2/t16?,17-,19+/m0/s1. The first-order valence-corrected chi connectivity index (χ1v) is 8.43. The van der Waals surface area contributed by atoms with Crippen LogP contribution in [0.2, 0.25) is 5.02 Å². The summed E-state index contributed by atoms with van der Waals surface area (Å²) in [6, 6.07) is 12.8. The average molecular weight is 349 g/mol. The lowest BCUT2D eigenvalue weighted by Gasteiger charge is -2.32. The SMILES string of the molecule is OC[C@@H]1CC(O)C[C@H](c2ccc(Cl)c(Cc3ccc(O)cc3)c2)O1. The lowest BCUT2D eigenvalue weighted by atomic mass is 9.94. The van der Waals surface area contributed by atoms with Crippen molar-refractivity contribution in [3.8, 4) is 5.75 Å². The first-order valence-electron chi connectivity index (χ1n) is 8.05. The summed E-state index contributed by atoms with van der Waals surface area (Å²) < 4.78 is 5.87. The molecule has 0 saturated carbocycles. The Hall–Kier alpha value is -1.59. The predicted octanol–water partition coefficient (Wildman–Crippen LogP) is 3.21. The molecule has 2 aromatic carbocycles. The Morgan fingerprint density at radius 1 is 1.08 bits per heavy atom. The molecule has 2 aromatic rings. The van der Waals surface area contributed by atoms with Crippen LogP contribution in [0.15, 0.2) is 42.5 Å². The molecule has 128 valence electrons. The van der Waals surface area contributed by atoms with E-state index in [4.69, 9.17) is 16.3 Å². The van der Waals surface area contributed by atoms with Gasteiger partial charge in [-0.1, -0.05) is 35.9 Å². The Morgan fingerprint density at radius 3 is 2.54 bits per heavy atom. The molecule has 24 heavy (non-hydrogen) atoms. The molecule has 0 spiro atoms. The van der Waals surface area contributed by atoms with Crippen LogP contribution in [0.5, 0.6) is 5.75 Å². The number of aliphatic hydroxyl groups is 2. The number of halogens is 1. The summed E-state index contributed by atoms with van der Waals surface area (Å²) in [4.78, 5) is 0. The van der Waals surface area contributed by atoms with Crippen LogP contribution in [0.25, 0.3) is 0 Å². The second kappa shape index (κ2) is 7.53. The fourth-order valence-corrected chi connectivity index (χ4v) is 3.27. The van der Waals surface area contributed by atoms with Gasteiger partial charge in [0.15, 0.2) is 0 Å². The van der Waals surface area contributed by atoms with E-state index >= 15 is 0 Å². The van der Waals surface area contributed by atoms with Crippen LogP contribution < -0.4 is 0 Å². The molecule has 1 aliphatic rings. The van der Waals surface area contributed by atoms with Gasteiger partial charge in [-0.25, -0.2) is 0 Å². The quantitative estimate of drug-likeness (QED) is 0.793. The maximum atomic E-state index is 9.99. The van der Waals surface area contributed by atoms with E-state index in [2.05, 4.69) is 0 Å². The zero-order chi connectivity index (χ0) is 17.1. The van der Waals surface area contributed by atoms with E-state index < -0.39 is 6.10 Å². The van der Waals surface area contributed by atoms with Crippen LogP contribution in [-0.4, -0.2) is 34.1 Å². The topological polar surface area (TPSA) is 69.9 Å². The predicted molar refractivity (Wildman–Crippen MR) is 92.3 cm³/mol.